The average molecular weight is 478 g/mol. The zero-order valence-corrected chi connectivity index (χ0v) is 19.6. The third kappa shape index (κ3) is 4.95. The van der Waals surface area contributed by atoms with E-state index in [2.05, 4.69) is 30.8 Å². The van der Waals surface area contributed by atoms with Gasteiger partial charge in [0.25, 0.3) is 5.91 Å². The monoisotopic (exact) mass is 477 g/mol. The van der Waals surface area contributed by atoms with Crippen LogP contribution in [0.15, 0.2) is 36.9 Å². The maximum absolute atomic E-state index is 14.2. The minimum atomic E-state index is -1.65. The van der Waals surface area contributed by atoms with E-state index in [9.17, 15) is 14.3 Å². The Balaban J connectivity index is 1.72. The van der Waals surface area contributed by atoms with Crippen molar-refractivity contribution in [1.82, 2.24) is 34.7 Å². The second-order valence-corrected chi connectivity index (χ2v) is 8.65. The van der Waals surface area contributed by atoms with Gasteiger partial charge in [0.05, 0.1) is 58.3 Å². The Morgan fingerprint density at radius 3 is 2.71 bits per heavy atom. The number of amides is 1. The van der Waals surface area contributed by atoms with Gasteiger partial charge in [0, 0.05) is 25.5 Å². The maximum atomic E-state index is 14.2. The molecule has 0 aliphatic heterocycles. The molecule has 4 aromatic heterocycles. The molecule has 0 radical (unpaired) electrons. The molecule has 0 aliphatic carbocycles. The van der Waals surface area contributed by atoms with Gasteiger partial charge in [-0.25, -0.2) is 13.9 Å². The minimum absolute atomic E-state index is 0.173. The van der Waals surface area contributed by atoms with E-state index in [-0.39, 0.29) is 12.1 Å². The second-order valence-electron chi connectivity index (χ2n) is 8.65. The predicted octanol–water partition coefficient (Wildman–Crippen LogP) is 2.29. The number of carbonyl (C=O) groups is 1. The lowest BCUT2D eigenvalue weighted by Crippen LogP contribution is -2.42. The molecule has 0 fully saturated rings. The number of hydrogen-bond acceptors (Lipinski definition) is 8. The first-order valence-electron chi connectivity index (χ1n) is 10.7. The molecule has 0 unspecified atom stereocenters. The molecule has 0 aliphatic rings. The molecule has 12 heteroatoms. The van der Waals surface area contributed by atoms with Gasteiger partial charge in [-0.05, 0) is 26.8 Å². The van der Waals surface area contributed by atoms with E-state index >= 15 is 0 Å². The number of fused-ring (bicyclic) bond motifs is 1. The van der Waals surface area contributed by atoms with Crippen molar-refractivity contribution in [3.63, 3.8) is 0 Å². The number of alkyl halides is 1. The molecule has 0 saturated carbocycles. The SMILES string of the molecule is Cc1cc(Nc2cc(-c3cnn4cc(C#N)cnc34)ncc2C(=O)NC[C@@H](F)C(C)(C)O)n(C)n1. The molecule has 180 valence electrons. The molecule has 1 amide bonds. The van der Waals surface area contributed by atoms with Gasteiger partial charge in [-0.1, -0.05) is 0 Å². The molecule has 0 bridgehead atoms. The zero-order chi connectivity index (χ0) is 25.3. The normalized spacial score (nSPS) is 12.4. The van der Waals surface area contributed by atoms with Gasteiger partial charge < -0.3 is 15.7 Å². The predicted molar refractivity (Wildman–Crippen MR) is 126 cm³/mol. The van der Waals surface area contributed by atoms with Crippen molar-refractivity contribution < 1.29 is 14.3 Å². The molecule has 35 heavy (non-hydrogen) atoms. The van der Waals surface area contributed by atoms with Crippen LogP contribution in [0, 0.1) is 18.3 Å². The highest BCUT2D eigenvalue weighted by atomic mass is 19.1. The molecule has 4 heterocycles. The summed E-state index contributed by atoms with van der Waals surface area (Å²) < 4.78 is 17.3. The lowest BCUT2D eigenvalue weighted by atomic mass is 10.0. The van der Waals surface area contributed by atoms with Crippen molar-refractivity contribution in [2.75, 3.05) is 11.9 Å². The van der Waals surface area contributed by atoms with Gasteiger partial charge >= 0.3 is 0 Å². The summed E-state index contributed by atoms with van der Waals surface area (Å²) in [6.45, 7) is 4.14. The molecular weight excluding hydrogens is 453 g/mol. The number of halogens is 1. The standard InChI is InChI=1S/C23H24FN9O2/c1-13-5-20(32(4)31-13)30-18-6-17(15-10-29-33-12-14(7-25)8-27-21(15)33)26-9-16(18)22(34)28-11-19(24)23(2,3)35/h5-6,8-10,12,19,35H,11H2,1-4H3,(H,26,30)(H,28,34)/t19-/m1/s1. The number of hydrogen-bond donors (Lipinski definition) is 3. The Morgan fingerprint density at radius 1 is 1.29 bits per heavy atom. The van der Waals surface area contributed by atoms with Gasteiger partial charge in [0.2, 0.25) is 0 Å². The molecule has 0 aromatic carbocycles. The van der Waals surface area contributed by atoms with Crippen LogP contribution in [0.1, 0.15) is 35.5 Å². The molecule has 0 saturated heterocycles. The molecule has 0 spiro atoms. The van der Waals surface area contributed by atoms with Crippen LogP contribution in [0.25, 0.3) is 16.9 Å². The van der Waals surface area contributed by atoms with Crippen LogP contribution in [-0.2, 0) is 7.05 Å². The summed E-state index contributed by atoms with van der Waals surface area (Å²) in [5, 5.41) is 33.2. The van der Waals surface area contributed by atoms with E-state index in [0.29, 0.717) is 34.0 Å². The summed E-state index contributed by atoms with van der Waals surface area (Å²) in [5.74, 6) is 0.0687. The fourth-order valence-electron chi connectivity index (χ4n) is 3.39. The first-order valence-corrected chi connectivity index (χ1v) is 10.7. The molecule has 11 nitrogen and oxygen atoms in total. The van der Waals surface area contributed by atoms with Crippen LogP contribution < -0.4 is 10.6 Å². The summed E-state index contributed by atoms with van der Waals surface area (Å²) in [6.07, 6.45) is 4.29. The second kappa shape index (κ2) is 9.11. The quantitative estimate of drug-likeness (QED) is 0.367. The number of nitrogens with one attached hydrogen (secondary N) is 2. The lowest BCUT2D eigenvalue weighted by Gasteiger charge is -2.22. The number of nitriles is 1. The topological polar surface area (TPSA) is 146 Å². The Bertz CT molecular complexity index is 1450. The smallest absolute Gasteiger partial charge is 0.255 e. The Hall–Kier alpha value is -4.37. The number of aliphatic hydroxyl groups is 1. The number of aromatic nitrogens is 6. The fraction of sp³-hybridized carbons (Fsp3) is 0.304. The van der Waals surface area contributed by atoms with Crippen molar-refractivity contribution >= 4 is 23.1 Å². The van der Waals surface area contributed by atoms with Crippen LogP contribution >= 0.6 is 0 Å². The highest BCUT2D eigenvalue weighted by Gasteiger charge is 2.27. The average Bonchev–Trinajstić information content (AvgIpc) is 3.37. The van der Waals surface area contributed by atoms with Gasteiger partial charge in [-0.3, -0.25) is 14.5 Å². The summed E-state index contributed by atoms with van der Waals surface area (Å²) in [5.41, 5.74) is 1.69. The molecule has 4 rings (SSSR count). The minimum Gasteiger partial charge on any atom is -0.387 e. The van der Waals surface area contributed by atoms with Crippen LogP contribution in [0.3, 0.4) is 0 Å². The van der Waals surface area contributed by atoms with Gasteiger partial charge in [-0.15, -0.1) is 0 Å². The third-order valence-corrected chi connectivity index (χ3v) is 5.38. The van der Waals surface area contributed by atoms with Crippen LogP contribution in [0.2, 0.25) is 0 Å². The number of rotatable bonds is 7. The lowest BCUT2D eigenvalue weighted by molar-refractivity contribution is -0.00177. The highest BCUT2D eigenvalue weighted by Crippen LogP contribution is 2.28. The van der Waals surface area contributed by atoms with E-state index in [1.54, 1.807) is 30.2 Å². The van der Waals surface area contributed by atoms with E-state index in [0.717, 1.165) is 5.69 Å². The number of carbonyl (C=O) groups excluding carboxylic acids is 1. The Morgan fingerprint density at radius 2 is 2.06 bits per heavy atom. The number of pyridine rings is 1. The van der Waals surface area contributed by atoms with Crippen LogP contribution in [0.5, 0.6) is 0 Å². The van der Waals surface area contributed by atoms with E-state index in [4.69, 9.17) is 5.26 Å². The number of aryl methyl sites for hydroxylation is 2. The highest BCUT2D eigenvalue weighted by molar-refractivity contribution is 6.00. The fourth-order valence-corrected chi connectivity index (χ4v) is 3.39. The van der Waals surface area contributed by atoms with Gasteiger partial charge in [0.1, 0.15) is 18.1 Å². The van der Waals surface area contributed by atoms with Crippen molar-refractivity contribution in [2.24, 2.45) is 7.05 Å². The van der Waals surface area contributed by atoms with Crippen molar-refractivity contribution in [1.29, 1.82) is 5.26 Å². The zero-order valence-electron chi connectivity index (χ0n) is 19.6. The van der Waals surface area contributed by atoms with Gasteiger partial charge in [0.15, 0.2) is 5.65 Å². The van der Waals surface area contributed by atoms with Crippen molar-refractivity contribution in [3.8, 4) is 17.3 Å². The molecular formula is C23H24FN9O2. The summed E-state index contributed by atoms with van der Waals surface area (Å²) in [6, 6.07) is 5.49. The number of nitrogens with zero attached hydrogens (tertiary/aromatic N) is 7. The van der Waals surface area contributed by atoms with Crippen LogP contribution in [0.4, 0.5) is 15.9 Å². The first-order chi connectivity index (χ1) is 16.6. The Kier molecular flexibility index (Phi) is 6.19. The van der Waals surface area contributed by atoms with Crippen LogP contribution in [-0.4, -0.2) is 58.7 Å². The summed E-state index contributed by atoms with van der Waals surface area (Å²) in [4.78, 5) is 21.7. The van der Waals surface area contributed by atoms with Crippen molar-refractivity contribution in [3.05, 3.63) is 53.7 Å². The van der Waals surface area contributed by atoms with Gasteiger partial charge in [-0.2, -0.15) is 15.5 Å². The van der Waals surface area contributed by atoms with E-state index < -0.39 is 17.7 Å². The van der Waals surface area contributed by atoms with E-state index in [1.807, 2.05) is 19.1 Å². The molecule has 1 atom stereocenters. The third-order valence-electron chi connectivity index (χ3n) is 5.38. The van der Waals surface area contributed by atoms with E-state index in [1.165, 1.54) is 30.8 Å². The number of anilines is 2. The molecule has 4 aromatic rings. The summed E-state index contributed by atoms with van der Waals surface area (Å²) >= 11 is 0. The largest absolute Gasteiger partial charge is 0.387 e. The first kappa shape index (κ1) is 23.8. The maximum Gasteiger partial charge on any atom is 0.255 e. The summed E-state index contributed by atoms with van der Waals surface area (Å²) in [7, 11) is 1.76. The Labute approximate surface area is 200 Å². The van der Waals surface area contributed by atoms with Crippen molar-refractivity contribution in [2.45, 2.75) is 32.5 Å². The molecule has 3 N–H and O–H groups in total.